The number of aliphatic hydroxyl groups excluding tert-OH is 1. The van der Waals surface area contributed by atoms with Crippen LogP contribution in [0, 0.1) is 17.8 Å². The second kappa shape index (κ2) is 65.7. The van der Waals surface area contributed by atoms with Crippen molar-refractivity contribution in [1.82, 2.24) is 0 Å². The van der Waals surface area contributed by atoms with Gasteiger partial charge in [0.05, 0.1) is 26.4 Å². The number of hydrogen-bond acceptors (Lipinski definition) is 15. The number of phosphoric ester groups is 2. The van der Waals surface area contributed by atoms with Crippen LogP contribution in [0.1, 0.15) is 382 Å². The van der Waals surface area contributed by atoms with E-state index in [1.165, 1.54) is 193 Å². The second-order valence-electron chi connectivity index (χ2n) is 28.2. The van der Waals surface area contributed by atoms with Gasteiger partial charge in [-0.2, -0.15) is 0 Å². The van der Waals surface area contributed by atoms with Gasteiger partial charge in [-0.25, -0.2) is 9.13 Å². The highest BCUT2D eigenvalue weighted by molar-refractivity contribution is 7.47. The molecule has 6 atom stereocenters. The topological polar surface area (TPSA) is 237 Å². The predicted octanol–water partition coefficient (Wildman–Crippen LogP) is 21.8. The van der Waals surface area contributed by atoms with Gasteiger partial charge in [0, 0.05) is 25.7 Å². The summed E-state index contributed by atoms with van der Waals surface area (Å²) >= 11 is 0. The van der Waals surface area contributed by atoms with Crippen LogP contribution in [-0.2, 0) is 65.4 Å². The number of rotatable bonds is 73. The molecule has 0 bridgehead atoms. The van der Waals surface area contributed by atoms with E-state index in [9.17, 15) is 43.2 Å². The number of phosphoric acid groups is 2. The van der Waals surface area contributed by atoms with Gasteiger partial charge in [0.25, 0.3) is 0 Å². The maximum Gasteiger partial charge on any atom is 0.472 e. The number of aliphatic hydroxyl groups is 1. The summed E-state index contributed by atoms with van der Waals surface area (Å²) in [7, 11) is -9.91. The van der Waals surface area contributed by atoms with Crippen molar-refractivity contribution >= 4 is 39.5 Å². The van der Waals surface area contributed by atoms with E-state index in [1.54, 1.807) is 0 Å². The van der Waals surface area contributed by atoms with Crippen LogP contribution < -0.4 is 0 Å². The first-order valence-corrected chi connectivity index (χ1v) is 41.9. The molecular formula is C75H146O17P2. The molecule has 0 heterocycles. The zero-order valence-corrected chi connectivity index (χ0v) is 63.2. The molecule has 3 N–H and O–H groups in total. The van der Waals surface area contributed by atoms with Crippen molar-refractivity contribution in [1.29, 1.82) is 0 Å². The summed E-state index contributed by atoms with van der Waals surface area (Å²) in [6.07, 6.45) is 51.2. The van der Waals surface area contributed by atoms with Crippen LogP contribution in [0.4, 0.5) is 0 Å². The first-order valence-electron chi connectivity index (χ1n) is 38.9. The van der Waals surface area contributed by atoms with Crippen molar-refractivity contribution in [2.24, 2.45) is 17.8 Å². The summed E-state index contributed by atoms with van der Waals surface area (Å²) in [4.78, 5) is 72.7. The van der Waals surface area contributed by atoms with E-state index in [0.717, 1.165) is 108 Å². The Morgan fingerprint density at radius 2 is 0.543 bits per heavy atom. The van der Waals surface area contributed by atoms with Crippen LogP contribution in [0.5, 0.6) is 0 Å². The number of carbonyl (C=O) groups excluding carboxylic acids is 4. The van der Waals surface area contributed by atoms with Crippen LogP contribution in [0.2, 0.25) is 0 Å². The molecule has 0 aliphatic heterocycles. The minimum atomic E-state index is -4.96. The van der Waals surface area contributed by atoms with E-state index in [4.69, 9.17) is 37.0 Å². The van der Waals surface area contributed by atoms with E-state index in [-0.39, 0.29) is 25.7 Å². The van der Waals surface area contributed by atoms with Crippen LogP contribution in [0.15, 0.2) is 0 Å². The van der Waals surface area contributed by atoms with Gasteiger partial charge in [-0.3, -0.25) is 37.3 Å². The molecule has 0 spiro atoms. The largest absolute Gasteiger partial charge is 0.472 e. The number of unbranched alkanes of at least 4 members (excludes halogenated alkanes) is 40. The molecule has 0 radical (unpaired) electrons. The average Bonchev–Trinajstić information content (AvgIpc) is 1.21. The molecule has 17 nitrogen and oxygen atoms in total. The molecule has 19 heteroatoms. The number of hydrogen-bond donors (Lipinski definition) is 3. The second-order valence-corrected chi connectivity index (χ2v) is 31.1. The van der Waals surface area contributed by atoms with Gasteiger partial charge in [0.1, 0.15) is 19.3 Å². The normalized spacial score (nSPS) is 14.4. The van der Waals surface area contributed by atoms with E-state index < -0.39 is 97.5 Å². The van der Waals surface area contributed by atoms with Gasteiger partial charge in [-0.1, -0.05) is 331 Å². The first kappa shape index (κ1) is 92.1. The highest BCUT2D eigenvalue weighted by Crippen LogP contribution is 2.45. The van der Waals surface area contributed by atoms with E-state index in [0.29, 0.717) is 25.7 Å². The zero-order chi connectivity index (χ0) is 69.4. The Morgan fingerprint density at radius 3 is 0.809 bits per heavy atom. The van der Waals surface area contributed by atoms with Crippen LogP contribution in [0.3, 0.4) is 0 Å². The molecule has 0 fully saturated rings. The van der Waals surface area contributed by atoms with Crippen molar-refractivity contribution in [2.75, 3.05) is 39.6 Å². The van der Waals surface area contributed by atoms with E-state index in [2.05, 4.69) is 48.5 Å². The standard InChI is InChI=1S/C75H146O17P2/c1-8-10-11-12-13-25-35-42-49-56-72(77)85-62-70(92-75(80)59-52-45-38-31-23-21-27-33-40-47-54-67(5)6)64-89-93(81,82)87-60-69(76)61-88-94(83,84)90-65-71(63-86-73(78)57-50-43-36-29-24-22-28-34-41-48-55-68(7)9-2)91-74(79)58-51-44-37-30-20-18-16-14-15-17-19-26-32-39-46-53-66(3)4/h66-71,76H,8-65H2,1-7H3,(H,81,82)(H,83,84)/t68?,69-,70+,71+/m0/s1. The molecule has 0 aliphatic carbocycles. The quantitative estimate of drug-likeness (QED) is 0.0222. The lowest BCUT2D eigenvalue weighted by molar-refractivity contribution is -0.161. The van der Waals surface area contributed by atoms with Gasteiger partial charge in [0.15, 0.2) is 12.2 Å². The minimum Gasteiger partial charge on any atom is -0.462 e. The van der Waals surface area contributed by atoms with Gasteiger partial charge < -0.3 is 33.8 Å². The molecule has 0 rings (SSSR count). The molecule has 0 saturated carbocycles. The molecule has 0 aliphatic rings. The maximum absolute atomic E-state index is 13.1. The SMILES string of the molecule is CCCCCCCCCCCC(=O)OC[C@H](COP(=O)(O)OC[C@H](O)COP(=O)(O)OC[C@@H](COC(=O)CCCCCCCCCCCCC(C)CC)OC(=O)CCCCCCCCCCCCCCCCCC(C)C)OC(=O)CCCCCCCCCCCCC(C)C. The van der Waals surface area contributed by atoms with Crippen molar-refractivity contribution in [3.63, 3.8) is 0 Å². The molecule has 0 saturated heterocycles. The maximum atomic E-state index is 13.1. The molecule has 0 aromatic heterocycles. The Hall–Kier alpha value is -1.94. The lowest BCUT2D eigenvalue weighted by Crippen LogP contribution is -2.30. The van der Waals surface area contributed by atoms with Crippen molar-refractivity contribution in [2.45, 2.75) is 401 Å². The van der Waals surface area contributed by atoms with Crippen LogP contribution in [0.25, 0.3) is 0 Å². The Bertz CT molecular complexity index is 1840. The molecular weight excluding hydrogens is 1230 g/mol. The smallest absolute Gasteiger partial charge is 0.462 e. The molecule has 0 aromatic carbocycles. The Morgan fingerprint density at radius 1 is 0.309 bits per heavy atom. The van der Waals surface area contributed by atoms with Gasteiger partial charge in [0.2, 0.25) is 0 Å². The van der Waals surface area contributed by atoms with Gasteiger partial charge in [-0.15, -0.1) is 0 Å². The summed E-state index contributed by atoms with van der Waals surface area (Å²) in [6, 6.07) is 0. The molecule has 0 aromatic rings. The number of ether oxygens (including phenoxy) is 4. The third-order valence-electron chi connectivity index (χ3n) is 17.7. The summed E-state index contributed by atoms with van der Waals surface area (Å²) in [6.45, 7) is 11.9. The van der Waals surface area contributed by atoms with E-state index >= 15 is 0 Å². The fourth-order valence-corrected chi connectivity index (χ4v) is 13.0. The lowest BCUT2D eigenvalue weighted by atomic mass is 9.99. The third-order valence-corrected chi connectivity index (χ3v) is 19.6. The summed E-state index contributed by atoms with van der Waals surface area (Å²) in [5.41, 5.74) is 0. The van der Waals surface area contributed by atoms with Gasteiger partial charge >= 0.3 is 39.5 Å². The Balaban J connectivity index is 5.24. The summed E-state index contributed by atoms with van der Waals surface area (Å²) < 4.78 is 68.5. The van der Waals surface area contributed by atoms with E-state index in [1.807, 2.05) is 0 Å². The van der Waals surface area contributed by atoms with Crippen molar-refractivity contribution < 1.29 is 80.2 Å². The van der Waals surface area contributed by atoms with Crippen molar-refractivity contribution in [3.8, 4) is 0 Å². The van der Waals surface area contributed by atoms with Crippen molar-refractivity contribution in [3.05, 3.63) is 0 Å². The summed E-state index contributed by atoms with van der Waals surface area (Å²) in [5, 5.41) is 10.6. The van der Waals surface area contributed by atoms with Crippen LogP contribution in [-0.4, -0.2) is 96.7 Å². The minimum absolute atomic E-state index is 0.106. The average molecular weight is 1380 g/mol. The highest BCUT2D eigenvalue weighted by Gasteiger charge is 2.30. The first-order chi connectivity index (χ1) is 45.3. The number of carbonyl (C=O) groups is 4. The number of esters is 4. The Labute approximate surface area is 575 Å². The molecule has 3 unspecified atom stereocenters. The lowest BCUT2D eigenvalue weighted by Gasteiger charge is -2.21. The fraction of sp³-hybridized carbons (Fsp3) is 0.947. The Kier molecular flexibility index (Phi) is 64.3. The molecule has 94 heavy (non-hydrogen) atoms. The third kappa shape index (κ3) is 67.3. The molecule has 558 valence electrons. The monoisotopic (exact) mass is 1380 g/mol. The highest BCUT2D eigenvalue weighted by atomic mass is 31.2. The predicted molar refractivity (Wildman–Crippen MR) is 381 cm³/mol. The zero-order valence-electron chi connectivity index (χ0n) is 61.4. The summed E-state index contributed by atoms with van der Waals surface area (Å²) in [5.74, 6) is 0.245. The van der Waals surface area contributed by atoms with Crippen LogP contribution >= 0.6 is 15.6 Å². The fourth-order valence-electron chi connectivity index (χ4n) is 11.4. The van der Waals surface area contributed by atoms with Gasteiger partial charge in [-0.05, 0) is 43.4 Å². The molecule has 0 amide bonds.